The number of nitro groups is 1. The highest BCUT2D eigenvalue weighted by Gasteiger charge is 2.24. The molecule has 0 aliphatic carbocycles. The Hall–Kier alpha value is -1.85. The minimum absolute atomic E-state index is 0.00292. The lowest BCUT2D eigenvalue weighted by atomic mass is 9.88. The molecule has 0 amide bonds. The standard InChI is InChI=1S/C14H24N4O2/c1-6-9-15-12-8-7-11(18(19)20)13(17-12)16-10(2)14(3,4)5/h7-8,10H,6,9H2,1-5H3,(H2,15,16,17). The molecule has 0 aromatic carbocycles. The van der Waals surface area contributed by atoms with Crippen LogP contribution in [0.1, 0.15) is 41.0 Å². The third-order valence-electron chi connectivity index (χ3n) is 3.28. The number of hydrogen-bond acceptors (Lipinski definition) is 5. The van der Waals surface area contributed by atoms with Crippen LogP contribution in [0.5, 0.6) is 0 Å². The summed E-state index contributed by atoms with van der Waals surface area (Å²) in [6.45, 7) is 11.1. The second kappa shape index (κ2) is 6.54. The van der Waals surface area contributed by atoms with Gasteiger partial charge in [0.25, 0.3) is 0 Å². The fraction of sp³-hybridized carbons (Fsp3) is 0.643. The predicted octanol–water partition coefficient (Wildman–Crippen LogP) is 3.66. The van der Waals surface area contributed by atoms with E-state index in [1.54, 1.807) is 6.07 Å². The van der Waals surface area contributed by atoms with Crippen LogP contribution in [-0.2, 0) is 0 Å². The molecule has 1 atom stereocenters. The maximum atomic E-state index is 11.1. The Morgan fingerprint density at radius 3 is 2.55 bits per heavy atom. The predicted molar refractivity (Wildman–Crippen MR) is 82.2 cm³/mol. The van der Waals surface area contributed by atoms with Crippen LogP contribution in [0, 0.1) is 15.5 Å². The minimum Gasteiger partial charge on any atom is -0.370 e. The van der Waals surface area contributed by atoms with E-state index in [-0.39, 0.29) is 17.1 Å². The van der Waals surface area contributed by atoms with Crippen LogP contribution < -0.4 is 10.6 Å². The highest BCUT2D eigenvalue weighted by atomic mass is 16.6. The topological polar surface area (TPSA) is 80.1 Å². The molecular weight excluding hydrogens is 256 g/mol. The summed E-state index contributed by atoms with van der Waals surface area (Å²) in [6, 6.07) is 3.19. The average molecular weight is 280 g/mol. The van der Waals surface area contributed by atoms with Gasteiger partial charge in [-0.25, -0.2) is 4.98 Å². The zero-order chi connectivity index (χ0) is 15.3. The summed E-state index contributed by atoms with van der Waals surface area (Å²) >= 11 is 0. The zero-order valence-electron chi connectivity index (χ0n) is 12.9. The van der Waals surface area contributed by atoms with Crippen LogP contribution in [0.2, 0.25) is 0 Å². The Kier molecular flexibility index (Phi) is 5.30. The van der Waals surface area contributed by atoms with Gasteiger partial charge in [0.2, 0.25) is 5.82 Å². The second-order valence-corrected chi connectivity index (χ2v) is 5.98. The van der Waals surface area contributed by atoms with Gasteiger partial charge in [0, 0.05) is 18.7 Å². The monoisotopic (exact) mass is 280 g/mol. The third kappa shape index (κ3) is 4.36. The molecule has 0 radical (unpaired) electrons. The maximum absolute atomic E-state index is 11.1. The Labute approximate surface area is 120 Å². The van der Waals surface area contributed by atoms with E-state index in [4.69, 9.17) is 0 Å². The number of rotatable bonds is 6. The fourth-order valence-corrected chi connectivity index (χ4v) is 1.48. The van der Waals surface area contributed by atoms with Crippen molar-refractivity contribution in [3.05, 3.63) is 22.2 Å². The van der Waals surface area contributed by atoms with Crippen molar-refractivity contribution in [2.75, 3.05) is 17.2 Å². The van der Waals surface area contributed by atoms with Crippen LogP contribution in [0.3, 0.4) is 0 Å². The molecule has 1 unspecified atom stereocenters. The summed E-state index contributed by atoms with van der Waals surface area (Å²) in [5.74, 6) is 0.972. The smallest absolute Gasteiger partial charge is 0.311 e. The number of nitrogens with zero attached hydrogens (tertiary/aromatic N) is 2. The first-order valence-corrected chi connectivity index (χ1v) is 6.91. The first-order chi connectivity index (χ1) is 9.25. The summed E-state index contributed by atoms with van der Waals surface area (Å²) in [4.78, 5) is 15.0. The highest BCUT2D eigenvalue weighted by Crippen LogP contribution is 2.28. The molecule has 0 saturated heterocycles. The van der Waals surface area contributed by atoms with E-state index < -0.39 is 4.92 Å². The molecule has 1 rings (SSSR count). The molecule has 20 heavy (non-hydrogen) atoms. The zero-order valence-corrected chi connectivity index (χ0v) is 12.9. The van der Waals surface area contributed by atoms with Gasteiger partial charge >= 0.3 is 5.69 Å². The molecule has 0 aliphatic rings. The molecule has 0 spiro atoms. The first kappa shape index (κ1) is 16.2. The van der Waals surface area contributed by atoms with Crippen molar-refractivity contribution in [2.45, 2.75) is 47.1 Å². The molecule has 0 saturated carbocycles. The molecule has 1 aromatic rings. The molecule has 0 aliphatic heterocycles. The van der Waals surface area contributed by atoms with Crippen molar-refractivity contribution in [3.8, 4) is 0 Å². The van der Waals surface area contributed by atoms with Crippen LogP contribution in [0.25, 0.3) is 0 Å². The maximum Gasteiger partial charge on any atom is 0.311 e. The van der Waals surface area contributed by atoms with Gasteiger partial charge in [-0.15, -0.1) is 0 Å². The van der Waals surface area contributed by atoms with Crippen LogP contribution >= 0.6 is 0 Å². The molecule has 1 heterocycles. The van der Waals surface area contributed by atoms with E-state index in [1.807, 2.05) is 6.92 Å². The molecule has 0 fully saturated rings. The Bertz CT molecular complexity index is 469. The molecule has 2 N–H and O–H groups in total. The van der Waals surface area contributed by atoms with E-state index in [0.29, 0.717) is 11.6 Å². The normalized spacial score (nSPS) is 12.8. The SMILES string of the molecule is CCCNc1ccc([N+](=O)[O-])c(NC(C)C(C)(C)C)n1. The summed E-state index contributed by atoms with van der Waals surface area (Å²) in [5, 5.41) is 17.4. The lowest BCUT2D eigenvalue weighted by Gasteiger charge is -2.28. The van der Waals surface area contributed by atoms with Crippen molar-refractivity contribution in [1.29, 1.82) is 0 Å². The van der Waals surface area contributed by atoms with Crippen LogP contribution in [0.15, 0.2) is 12.1 Å². The lowest BCUT2D eigenvalue weighted by Crippen LogP contribution is -2.31. The van der Waals surface area contributed by atoms with Gasteiger partial charge in [-0.3, -0.25) is 10.1 Å². The van der Waals surface area contributed by atoms with Crippen LogP contribution in [0.4, 0.5) is 17.3 Å². The van der Waals surface area contributed by atoms with Gasteiger partial charge in [-0.1, -0.05) is 27.7 Å². The molecule has 6 heteroatoms. The Morgan fingerprint density at radius 1 is 1.40 bits per heavy atom. The van der Waals surface area contributed by atoms with Gasteiger partial charge in [0.05, 0.1) is 4.92 Å². The van der Waals surface area contributed by atoms with E-state index in [9.17, 15) is 10.1 Å². The second-order valence-electron chi connectivity index (χ2n) is 5.98. The quantitative estimate of drug-likeness (QED) is 0.614. The number of nitrogens with one attached hydrogen (secondary N) is 2. The van der Waals surface area contributed by atoms with E-state index in [0.717, 1.165) is 13.0 Å². The van der Waals surface area contributed by atoms with E-state index in [1.165, 1.54) is 6.07 Å². The Balaban J connectivity index is 3.03. The third-order valence-corrected chi connectivity index (χ3v) is 3.28. The van der Waals surface area contributed by atoms with Crippen molar-refractivity contribution in [2.24, 2.45) is 5.41 Å². The average Bonchev–Trinajstić information content (AvgIpc) is 2.35. The summed E-state index contributed by atoms with van der Waals surface area (Å²) < 4.78 is 0. The Morgan fingerprint density at radius 2 is 2.05 bits per heavy atom. The fourth-order valence-electron chi connectivity index (χ4n) is 1.48. The summed E-state index contributed by atoms with van der Waals surface area (Å²) in [5.41, 5.74) is -0.00859. The van der Waals surface area contributed by atoms with Crippen molar-refractivity contribution >= 4 is 17.3 Å². The van der Waals surface area contributed by atoms with Crippen molar-refractivity contribution in [3.63, 3.8) is 0 Å². The van der Waals surface area contributed by atoms with Gasteiger partial charge in [-0.2, -0.15) is 0 Å². The molecular formula is C14H24N4O2. The van der Waals surface area contributed by atoms with E-state index >= 15 is 0 Å². The van der Waals surface area contributed by atoms with Crippen LogP contribution in [-0.4, -0.2) is 22.5 Å². The van der Waals surface area contributed by atoms with Gasteiger partial charge in [0.15, 0.2) is 0 Å². The minimum atomic E-state index is -0.408. The summed E-state index contributed by atoms with van der Waals surface area (Å²) in [7, 11) is 0. The van der Waals surface area contributed by atoms with Gasteiger partial charge in [-0.05, 0) is 24.8 Å². The molecule has 6 nitrogen and oxygen atoms in total. The van der Waals surface area contributed by atoms with Crippen molar-refractivity contribution < 1.29 is 4.92 Å². The van der Waals surface area contributed by atoms with Crippen molar-refractivity contribution in [1.82, 2.24) is 4.98 Å². The van der Waals surface area contributed by atoms with Gasteiger partial charge in [0.1, 0.15) is 5.82 Å². The lowest BCUT2D eigenvalue weighted by molar-refractivity contribution is -0.384. The summed E-state index contributed by atoms with van der Waals surface area (Å²) in [6.07, 6.45) is 0.972. The first-order valence-electron chi connectivity index (χ1n) is 6.91. The number of aromatic nitrogens is 1. The number of hydrogen-bond donors (Lipinski definition) is 2. The number of anilines is 2. The molecule has 0 bridgehead atoms. The largest absolute Gasteiger partial charge is 0.370 e. The number of pyridine rings is 1. The molecule has 1 aromatic heterocycles. The highest BCUT2D eigenvalue weighted by molar-refractivity contribution is 5.60. The van der Waals surface area contributed by atoms with E-state index in [2.05, 4.69) is 43.3 Å². The van der Waals surface area contributed by atoms with Gasteiger partial charge < -0.3 is 10.6 Å². The molecule has 112 valence electrons.